The second-order valence-electron chi connectivity index (χ2n) is 6.05. The highest BCUT2D eigenvalue weighted by Gasteiger charge is 2.11. The van der Waals surface area contributed by atoms with Crippen LogP contribution < -0.4 is 4.74 Å². The molecule has 0 saturated carbocycles. The van der Waals surface area contributed by atoms with Gasteiger partial charge in [-0.2, -0.15) is 5.10 Å². The molecule has 0 aliphatic heterocycles. The van der Waals surface area contributed by atoms with Gasteiger partial charge in [0.25, 0.3) is 0 Å². The van der Waals surface area contributed by atoms with E-state index < -0.39 is 0 Å². The first-order valence-electron chi connectivity index (χ1n) is 8.13. The lowest BCUT2D eigenvalue weighted by Crippen LogP contribution is -2.05. The number of hydrogen-bond acceptors (Lipinski definition) is 3. The average Bonchev–Trinajstić information content (AvgIpc) is 3.11. The van der Waals surface area contributed by atoms with Crippen LogP contribution in [0.15, 0.2) is 60.8 Å². The fourth-order valence-corrected chi connectivity index (χ4v) is 2.68. The molecule has 2 aromatic carbocycles. The van der Waals surface area contributed by atoms with Gasteiger partial charge in [0.15, 0.2) is 0 Å². The number of ether oxygens (including phenoxy) is 1. The molecule has 0 saturated heterocycles. The van der Waals surface area contributed by atoms with E-state index in [4.69, 9.17) is 4.74 Å². The highest BCUT2D eigenvalue weighted by molar-refractivity contribution is 5.63. The molecule has 0 spiro atoms. The molecule has 0 bridgehead atoms. The van der Waals surface area contributed by atoms with E-state index in [9.17, 15) is 5.11 Å². The number of aliphatic hydroxyl groups is 1. The molecule has 0 amide bonds. The summed E-state index contributed by atoms with van der Waals surface area (Å²) >= 11 is 0. The van der Waals surface area contributed by atoms with E-state index in [1.54, 1.807) is 6.20 Å². The van der Waals surface area contributed by atoms with Crippen LogP contribution in [0.1, 0.15) is 31.0 Å². The van der Waals surface area contributed by atoms with Gasteiger partial charge in [-0.05, 0) is 49.2 Å². The molecule has 124 valence electrons. The molecule has 4 heteroatoms. The van der Waals surface area contributed by atoms with Crippen molar-refractivity contribution in [3.05, 3.63) is 71.9 Å². The lowest BCUT2D eigenvalue weighted by molar-refractivity contribution is 0.278. The summed E-state index contributed by atoms with van der Waals surface area (Å²) in [6.45, 7) is 4.67. The third-order valence-electron chi connectivity index (χ3n) is 3.85. The summed E-state index contributed by atoms with van der Waals surface area (Å²) in [6.07, 6.45) is 1.80. The molecule has 1 aromatic heterocycles. The van der Waals surface area contributed by atoms with E-state index in [-0.39, 0.29) is 12.6 Å². The molecule has 0 unspecified atom stereocenters. The lowest BCUT2D eigenvalue weighted by atomic mass is 10.1. The minimum absolute atomic E-state index is 0.0225. The van der Waals surface area contributed by atoms with Crippen LogP contribution in [0, 0.1) is 0 Å². The second kappa shape index (κ2) is 7.32. The molecule has 24 heavy (non-hydrogen) atoms. The van der Waals surface area contributed by atoms with Crippen LogP contribution in [0.4, 0.5) is 0 Å². The highest BCUT2D eigenvalue weighted by Crippen LogP contribution is 2.28. The molecule has 4 nitrogen and oxygen atoms in total. The van der Waals surface area contributed by atoms with E-state index in [0.717, 1.165) is 28.1 Å². The second-order valence-corrected chi connectivity index (χ2v) is 6.05. The van der Waals surface area contributed by atoms with Crippen LogP contribution in [0.25, 0.3) is 11.3 Å². The monoisotopic (exact) mass is 322 g/mol. The molecule has 1 heterocycles. The van der Waals surface area contributed by atoms with Crippen LogP contribution in [0.5, 0.6) is 5.75 Å². The maximum atomic E-state index is 9.57. The number of rotatable bonds is 6. The van der Waals surface area contributed by atoms with Gasteiger partial charge in [-0.15, -0.1) is 0 Å². The molecule has 3 rings (SSSR count). The topological polar surface area (TPSA) is 47.3 Å². The molecule has 3 aromatic rings. The molecule has 0 fully saturated rings. The van der Waals surface area contributed by atoms with Gasteiger partial charge in [-0.25, -0.2) is 0 Å². The predicted molar refractivity (Wildman–Crippen MR) is 94.7 cm³/mol. The van der Waals surface area contributed by atoms with Crippen molar-refractivity contribution in [3.63, 3.8) is 0 Å². The van der Waals surface area contributed by atoms with Crippen LogP contribution in [-0.4, -0.2) is 14.9 Å². The van der Waals surface area contributed by atoms with Gasteiger partial charge in [-0.3, -0.25) is 4.68 Å². The number of aliphatic hydroxyl groups excluding tert-OH is 1. The summed E-state index contributed by atoms with van der Waals surface area (Å²) in [4.78, 5) is 0. The first-order chi connectivity index (χ1) is 11.7. The van der Waals surface area contributed by atoms with Gasteiger partial charge in [0.1, 0.15) is 12.4 Å². The SMILES string of the molecule is CC(C)n1nccc1-c1cc(CO)cc(OCc2ccccc2)c1. The zero-order chi connectivity index (χ0) is 16.9. The Morgan fingerprint density at radius 3 is 2.54 bits per heavy atom. The van der Waals surface area contributed by atoms with Crippen molar-refractivity contribution in [3.8, 4) is 17.0 Å². The van der Waals surface area contributed by atoms with Crippen LogP contribution in [-0.2, 0) is 13.2 Å². The van der Waals surface area contributed by atoms with E-state index in [1.807, 2.05) is 59.3 Å². The number of aromatic nitrogens is 2. The zero-order valence-electron chi connectivity index (χ0n) is 14.0. The van der Waals surface area contributed by atoms with Crippen molar-refractivity contribution in [1.29, 1.82) is 0 Å². The van der Waals surface area contributed by atoms with Crippen molar-refractivity contribution in [1.82, 2.24) is 9.78 Å². The quantitative estimate of drug-likeness (QED) is 0.740. The maximum Gasteiger partial charge on any atom is 0.120 e. The van der Waals surface area contributed by atoms with Crippen molar-refractivity contribution in [2.24, 2.45) is 0 Å². The normalized spacial score (nSPS) is 11.0. The van der Waals surface area contributed by atoms with Crippen molar-refractivity contribution in [2.45, 2.75) is 33.1 Å². The largest absolute Gasteiger partial charge is 0.489 e. The summed E-state index contributed by atoms with van der Waals surface area (Å²) in [7, 11) is 0. The number of nitrogens with zero attached hydrogens (tertiary/aromatic N) is 2. The summed E-state index contributed by atoms with van der Waals surface area (Å²) in [6, 6.07) is 18.1. The standard InChI is InChI=1S/C20H22N2O2/c1-15(2)22-20(8-9-21-22)18-10-17(13-23)11-19(12-18)24-14-16-6-4-3-5-7-16/h3-12,15,23H,13-14H2,1-2H3. The van der Waals surface area contributed by atoms with Crippen LogP contribution in [0.3, 0.4) is 0 Å². The average molecular weight is 322 g/mol. The zero-order valence-corrected chi connectivity index (χ0v) is 14.0. The Hall–Kier alpha value is -2.59. The summed E-state index contributed by atoms with van der Waals surface area (Å²) in [5, 5.41) is 14.0. The Kier molecular flexibility index (Phi) is 4.96. The van der Waals surface area contributed by atoms with Crippen LogP contribution >= 0.6 is 0 Å². The van der Waals surface area contributed by atoms with Gasteiger partial charge < -0.3 is 9.84 Å². The van der Waals surface area contributed by atoms with Crippen molar-refractivity contribution >= 4 is 0 Å². The first-order valence-corrected chi connectivity index (χ1v) is 8.13. The number of benzene rings is 2. The highest BCUT2D eigenvalue weighted by atomic mass is 16.5. The van der Waals surface area contributed by atoms with E-state index in [1.165, 1.54) is 0 Å². The van der Waals surface area contributed by atoms with E-state index in [0.29, 0.717) is 6.61 Å². The molecule has 0 atom stereocenters. The molecule has 0 aliphatic carbocycles. The fourth-order valence-electron chi connectivity index (χ4n) is 2.68. The summed E-state index contributed by atoms with van der Waals surface area (Å²) in [5.74, 6) is 0.747. The molecule has 0 aliphatic rings. The van der Waals surface area contributed by atoms with Gasteiger partial charge in [0.05, 0.1) is 12.3 Å². The third kappa shape index (κ3) is 3.66. The van der Waals surface area contributed by atoms with Crippen LogP contribution in [0.2, 0.25) is 0 Å². The summed E-state index contributed by atoms with van der Waals surface area (Å²) < 4.78 is 7.90. The minimum atomic E-state index is -0.0225. The van der Waals surface area contributed by atoms with Gasteiger partial charge in [-0.1, -0.05) is 30.3 Å². The van der Waals surface area contributed by atoms with Gasteiger partial charge in [0.2, 0.25) is 0 Å². The third-order valence-corrected chi connectivity index (χ3v) is 3.85. The Morgan fingerprint density at radius 2 is 1.83 bits per heavy atom. The maximum absolute atomic E-state index is 9.57. The Morgan fingerprint density at radius 1 is 1.04 bits per heavy atom. The fraction of sp³-hybridized carbons (Fsp3) is 0.250. The van der Waals surface area contributed by atoms with Gasteiger partial charge >= 0.3 is 0 Å². The molecular formula is C20H22N2O2. The Bertz CT molecular complexity index is 794. The Labute approximate surface area is 142 Å². The predicted octanol–water partition coefficient (Wildman–Crippen LogP) is 4.20. The molecule has 0 radical (unpaired) electrons. The van der Waals surface area contributed by atoms with Crippen molar-refractivity contribution < 1.29 is 9.84 Å². The molecule has 1 N–H and O–H groups in total. The smallest absolute Gasteiger partial charge is 0.120 e. The first kappa shape index (κ1) is 16.3. The number of hydrogen-bond donors (Lipinski definition) is 1. The van der Waals surface area contributed by atoms with E-state index in [2.05, 4.69) is 18.9 Å². The molecular weight excluding hydrogens is 300 g/mol. The Balaban J connectivity index is 1.89. The minimum Gasteiger partial charge on any atom is -0.489 e. The van der Waals surface area contributed by atoms with Crippen molar-refractivity contribution in [2.75, 3.05) is 0 Å². The van der Waals surface area contributed by atoms with E-state index >= 15 is 0 Å². The lowest BCUT2D eigenvalue weighted by Gasteiger charge is -2.14. The van der Waals surface area contributed by atoms with Gasteiger partial charge in [0, 0.05) is 17.8 Å². The summed E-state index contributed by atoms with van der Waals surface area (Å²) in [5.41, 5.74) is 3.95.